The summed E-state index contributed by atoms with van der Waals surface area (Å²) in [4.78, 5) is 0. The van der Waals surface area contributed by atoms with Crippen molar-refractivity contribution in [2.24, 2.45) is 0 Å². The van der Waals surface area contributed by atoms with Gasteiger partial charge in [0.05, 0.1) is 0 Å². The molecule has 0 aliphatic carbocycles. The zero-order chi connectivity index (χ0) is 0. The van der Waals surface area contributed by atoms with Crippen LogP contribution in [-0.2, 0) is 55.9 Å². The normalized spacial score (nSPS) is 0. The summed E-state index contributed by atoms with van der Waals surface area (Å²) < 4.78 is 0. The van der Waals surface area contributed by atoms with E-state index in [1.807, 2.05) is 0 Å². The van der Waals surface area contributed by atoms with E-state index in [4.69, 9.17) is 0 Å². The summed E-state index contributed by atoms with van der Waals surface area (Å²) in [5.74, 6) is 0. The summed E-state index contributed by atoms with van der Waals surface area (Å²) in [6, 6.07) is 0. The number of rotatable bonds is 0. The van der Waals surface area contributed by atoms with Crippen LogP contribution in [0.5, 0.6) is 0 Å². The van der Waals surface area contributed by atoms with E-state index < -0.39 is 0 Å². The van der Waals surface area contributed by atoms with Crippen LogP contribution in [0.4, 0.5) is 0 Å². The van der Waals surface area contributed by atoms with Crippen molar-refractivity contribution in [1.29, 1.82) is 0 Å². The van der Waals surface area contributed by atoms with Crippen LogP contribution in [0.25, 0.3) is 0 Å². The second-order valence-electron chi connectivity index (χ2n) is 0. The number of hydrogen-bond donors (Lipinski definition) is 0. The fraction of sp³-hybridized carbons (Fsp3) is 0. The van der Waals surface area contributed by atoms with E-state index in [9.17, 15) is 0 Å². The molecule has 1 radical (unpaired) electrons. The van der Waals surface area contributed by atoms with Crippen LogP contribution >= 0.6 is 0 Å². The molecule has 0 aromatic heterocycles. The van der Waals surface area contributed by atoms with Gasteiger partial charge in [-0.15, -0.1) is 0 Å². The molecule has 0 atom stereocenters. The molecule has 0 rings (SSSR count). The average Bonchev–Trinajstić information content (AvgIpc) is 0. The van der Waals surface area contributed by atoms with Gasteiger partial charge in [0.2, 0.25) is 0 Å². The Hall–Kier alpha value is 3.55. The molecule has 0 amide bonds. The third-order valence-corrected chi connectivity index (χ3v) is 0. The predicted octanol–water partition coefficient (Wildman–Crippen LogP) is -2.11. The van der Waals surface area contributed by atoms with Gasteiger partial charge in [0.15, 0.2) is 17.4 Å². The fourth-order valence-corrected chi connectivity index (χ4v) is 0. The van der Waals surface area contributed by atoms with Crippen LogP contribution in [0, 0.1) is 0 Å². The zero-order valence-electron chi connectivity index (χ0n) is 1.23. The first-order valence-electron chi connectivity index (χ1n) is 0. The molecule has 0 unspecified atom stereocenters. The molecule has 0 saturated carbocycles. The quantitative estimate of drug-likeness (QED) is 0.418. The molecule has 29 valence electrons. The molecule has 0 aliphatic heterocycles. The van der Waals surface area contributed by atoms with Crippen molar-refractivity contribution in [3.05, 3.63) is 0 Å². The van der Waals surface area contributed by atoms with Gasteiger partial charge in [-0.05, 0) is 0 Å². The predicted molar refractivity (Wildman–Crippen MR) is 18.5 cm³/mol. The SMILES string of the molecule is [AlH3].[CaH2].[Fe].[Mn].[Ti]. The van der Waals surface area contributed by atoms with Crippen molar-refractivity contribution >= 4 is 55.1 Å². The molecular weight excluding hydrogens is 226 g/mol. The standard InChI is InChI=1S/Al.Ca.Fe.Mn.Ti.5H. The third kappa shape index (κ3) is 18.5. The molecule has 0 N–H and O–H groups in total. The molecule has 0 nitrogen and oxygen atoms in total. The molecular formula is H5AlCaFeMnTi. The molecule has 0 bridgehead atoms. The van der Waals surface area contributed by atoms with E-state index in [0.717, 1.165) is 0 Å². The van der Waals surface area contributed by atoms with Crippen LogP contribution in [-0.4, -0.2) is 55.1 Å². The Balaban J connectivity index is 0. The Kier molecular flexibility index (Phi) is 199. The third-order valence-electron chi connectivity index (χ3n) is 0. The smallest absolute Gasteiger partial charge is 0 e. The topological polar surface area (TPSA) is 0 Å². The van der Waals surface area contributed by atoms with Crippen LogP contribution < -0.4 is 0 Å². The zero-order valence-corrected chi connectivity index (χ0v) is 5.08. The monoisotopic (exact) mass is 231 g/mol. The maximum atomic E-state index is 0. The number of hydrogen-bond acceptors (Lipinski definition) is 0. The van der Waals surface area contributed by atoms with Gasteiger partial charge in [0.1, 0.15) is 0 Å². The summed E-state index contributed by atoms with van der Waals surface area (Å²) in [5.41, 5.74) is 0. The van der Waals surface area contributed by atoms with Gasteiger partial charge in [-0.25, -0.2) is 0 Å². The largest absolute Gasteiger partial charge is 0 e. The van der Waals surface area contributed by atoms with Gasteiger partial charge in [-0.1, -0.05) is 0 Å². The minimum atomic E-state index is 0. The van der Waals surface area contributed by atoms with Crippen molar-refractivity contribution in [2.45, 2.75) is 0 Å². The van der Waals surface area contributed by atoms with Crippen LogP contribution in [0.3, 0.4) is 0 Å². The van der Waals surface area contributed by atoms with Crippen LogP contribution in [0.15, 0.2) is 0 Å². The minimum absolute atomic E-state index is 0. The van der Waals surface area contributed by atoms with Gasteiger partial charge in [-0.3, -0.25) is 0 Å². The molecule has 5 heavy (non-hydrogen) atoms. The molecule has 0 spiro atoms. The molecule has 0 aliphatic rings. The summed E-state index contributed by atoms with van der Waals surface area (Å²) in [6.07, 6.45) is 0. The molecule has 0 aromatic carbocycles. The Bertz CT molecular complexity index is 11.6. The van der Waals surface area contributed by atoms with E-state index in [1.165, 1.54) is 0 Å². The van der Waals surface area contributed by atoms with E-state index in [2.05, 4.69) is 0 Å². The summed E-state index contributed by atoms with van der Waals surface area (Å²) >= 11 is 0. The van der Waals surface area contributed by atoms with Gasteiger partial charge < -0.3 is 0 Å². The molecule has 0 heterocycles. The van der Waals surface area contributed by atoms with Crippen molar-refractivity contribution in [3.8, 4) is 0 Å². The first-order chi connectivity index (χ1) is 0. The van der Waals surface area contributed by atoms with Gasteiger partial charge in [0.25, 0.3) is 0 Å². The maximum Gasteiger partial charge on any atom is 0 e. The first-order valence-corrected chi connectivity index (χ1v) is 0. The fourth-order valence-electron chi connectivity index (χ4n) is 0. The second kappa shape index (κ2) is 25.7. The van der Waals surface area contributed by atoms with Crippen molar-refractivity contribution in [3.63, 3.8) is 0 Å². The van der Waals surface area contributed by atoms with Gasteiger partial charge >= 0.3 is 37.7 Å². The van der Waals surface area contributed by atoms with Crippen molar-refractivity contribution < 1.29 is 55.9 Å². The van der Waals surface area contributed by atoms with Crippen LogP contribution in [0.1, 0.15) is 0 Å². The van der Waals surface area contributed by atoms with E-state index >= 15 is 0 Å². The summed E-state index contributed by atoms with van der Waals surface area (Å²) in [6.45, 7) is 0. The maximum absolute atomic E-state index is 0. The Morgan fingerprint density at radius 1 is 1.00 bits per heavy atom. The molecule has 0 aromatic rings. The molecule has 5 heteroatoms. The molecule has 0 saturated heterocycles. The van der Waals surface area contributed by atoms with Gasteiger partial charge in [-0.2, -0.15) is 0 Å². The Labute approximate surface area is 109 Å². The van der Waals surface area contributed by atoms with Crippen molar-refractivity contribution in [1.82, 2.24) is 0 Å². The second-order valence-corrected chi connectivity index (χ2v) is 0. The first kappa shape index (κ1) is 38.7. The Morgan fingerprint density at radius 3 is 1.00 bits per heavy atom. The minimum Gasteiger partial charge on any atom is 0 e. The van der Waals surface area contributed by atoms with E-state index in [-0.39, 0.29) is 111 Å². The average molecular weight is 231 g/mol. The van der Waals surface area contributed by atoms with Gasteiger partial charge in [0, 0.05) is 55.9 Å². The summed E-state index contributed by atoms with van der Waals surface area (Å²) in [7, 11) is 0. The van der Waals surface area contributed by atoms with E-state index in [0.29, 0.717) is 0 Å². The van der Waals surface area contributed by atoms with E-state index in [1.54, 1.807) is 0 Å². The van der Waals surface area contributed by atoms with Crippen molar-refractivity contribution in [2.75, 3.05) is 0 Å². The Morgan fingerprint density at radius 2 is 1.00 bits per heavy atom. The van der Waals surface area contributed by atoms with Crippen LogP contribution in [0.2, 0.25) is 0 Å². The molecule has 0 fully saturated rings. The summed E-state index contributed by atoms with van der Waals surface area (Å²) in [5, 5.41) is 0.